The molecule has 2 amide bonds. The first-order valence-corrected chi connectivity index (χ1v) is 12.5. The molecule has 4 aromatic rings. The highest BCUT2D eigenvalue weighted by Crippen LogP contribution is 2.19. The van der Waals surface area contributed by atoms with Gasteiger partial charge in [-0.15, -0.1) is 0 Å². The van der Waals surface area contributed by atoms with Crippen molar-refractivity contribution in [3.8, 4) is 5.75 Å². The molecule has 0 bridgehead atoms. The Morgan fingerprint density at radius 2 is 1.60 bits per heavy atom. The Hall–Kier alpha value is -5.25. The number of pyridine rings is 1. The molecule has 204 valence electrons. The molecular formula is C30H27N3O7. The first-order chi connectivity index (χ1) is 19.2. The van der Waals surface area contributed by atoms with Crippen LogP contribution in [0.3, 0.4) is 0 Å². The number of nitrogens with one attached hydrogen (secondary N) is 2. The number of ether oxygens (including phenoxy) is 1. The Morgan fingerprint density at radius 3 is 2.35 bits per heavy atom. The minimum absolute atomic E-state index is 0.0468. The largest absolute Gasteiger partial charge is 0.486 e. The van der Waals surface area contributed by atoms with E-state index in [4.69, 9.17) is 4.74 Å². The van der Waals surface area contributed by atoms with Gasteiger partial charge in [-0.05, 0) is 48.0 Å². The maximum absolute atomic E-state index is 13.2. The number of carbonyl (C=O) groups is 4. The van der Waals surface area contributed by atoms with Gasteiger partial charge in [0.15, 0.2) is 5.78 Å². The molecule has 1 aromatic heterocycles. The van der Waals surface area contributed by atoms with Crippen molar-refractivity contribution in [2.24, 2.45) is 0 Å². The molecule has 0 aliphatic rings. The van der Waals surface area contributed by atoms with Crippen molar-refractivity contribution in [2.75, 3.05) is 11.9 Å². The zero-order valence-corrected chi connectivity index (χ0v) is 21.6. The van der Waals surface area contributed by atoms with Crippen LogP contribution in [0.1, 0.15) is 29.7 Å². The van der Waals surface area contributed by atoms with Crippen LogP contribution in [-0.2, 0) is 14.4 Å². The highest BCUT2D eigenvalue weighted by Gasteiger charge is 2.27. The van der Waals surface area contributed by atoms with Gasteiger partial charge in [-0.2, -0.15) is 0 Å². The monoisotopic (exact) mass is 541 g/mol. The van der Waals surface area contributed by atoms with Crippen molar-refractivity contribution in [1.29, 1.82) is 0 Å². The molecule has 3 aromatic carbocycles. The van der Waals surface area contributed by atoms with E-state index in [1.807, 2.05) is 24.3 Å². The van der Waals surface area contributed by atoms with Crippen molar-refractivity contribution in [3.63, 3.8) is 0 Å². The highest BCUT2D eigenvalue weighted by molar-refractivity contribution is 6.12. The van der Waals surface area contributed by atoms with Crippen molar-refractivity contribution >= 4 is 40.0 Å². The number of anilines is 1. The number of ketones is 1. The molecule has 0 saturated heterocycles. The quantitative estimate of drug-likeness (QED) is 0.264. The Kier molecular flexibility index (Phi) is 8.70. The number of carboxylic acids is 1. The molecule has 0 aliphatic heterocycles. The molecule has 40 heavy (non-hydrogen) atoms. The number of fused-ring (bicyclic) bond motifs is 1. The fourth-order valence-electron chi connectivity index (χ4n) is 4.13. The van der Waals surface area contributed by atoms with E-state index < -0.39 is 54.2 Å². The molecule has 1 heterocycles. The second-order valence-electron chi connectivity index (χ2n) is 9.02. The number of aromatic nitrogens is 1. The van der Waals surface area contributed by atoms with E-state index in [0.29, 0.717) is 11.3 Å². The van der Waals surface area contributed by atoms with Crippen molar-refractivity contribution in [2.45, 2.75) is 25.4 Å². The zero-order valence-electron chi connectivity index (χ0n) is 21.6. The summed E-state index contributed by atoms with van der Waals surface area (Å²) in [6.07, 6.45) is 0.707. The van der Waals surface area contributed by atoms with Gasteiger partial charge >= 0.3 is 5.97 Å². The van der Waals surface area contributed by atoms with Crippen LogP contribution in [0.15, 0.2) is 95.9 Å². The van der Waals surface area contributed by atoms with Crippen molar-refractivity contribution in [3.05, 3.63) is 107 Å². The van der Waals surface area contributed by atoms with E-state index in [0.717, 1.165) is 15.3 Å². The number of hydrogen-bond acceptors (Lipinski definition) is 6. The van der Waals surface area contributed by atoms with E-state index in [1.165, 1.54) is 25.3 Å². The average molecular weight is 542 g/mol. The predicted molar refractivity (Wildman–Crippen MR) is 148 cm³/mol. The number of para-hydroxylation sites is 1. The SMILES string of the molecule is CC(C(=O)N[C@@H](CC(=O)O)C(=O)COc1ccccc1)n1cccc(NC(=O)c2cccc3ccccc23)c1=O. The minimum Gasteiger partial charge on any atom is -0.486 e. The van der Waals surface area contributed by atoms with Gasteiger partial charge in [0, 0.05) is 11.8 Å². The van der Waals surface area contributed by atoms with Crippen LogP contribution in [0.4, 0.5) is 5.69 Å². The standard InChI is InChI=1S/C30H27N3O7/c1-19(28(37)32-25(17-27(35)36)26(34)18-40-21-11-3-2-4-12-21)33-16-8-15-24(30(33)39)31-29(38)23-14-7-10-20-9-5-6-13-22(20)23/h2-16,19,25H,17-18H2,1H3,(H,31,38)(H,32,37)(H,35,36)/t19?,25-/m0/s1. The van der Waals surface area contributed by atoms with Gasteiger partial charge in [-0.25, -0.2) is 0 Å². The Balaban J connectivity index is 1.48. The molecule has 10 nitrogen and oxygen atoms in total. The number of rotatable bonds is 11. The summed E-state index contributed by atoms with van der Waals surface area (Å²) >= 11 is 0. The van der Waals surface area contributed by atoms with Crippen LogP contribution in [0.5, 0.6) is 5.75 Å². The number of hydrogen-bond donors (Lipinski definition) is 3. The van der Waals surface area contributed by atoms with Gasteiger partial charge in [0.25, 0.3) is 11.5 Å². The lowest BCUT2D eigenvalue weighted by atomic mass is 10.0. The van der Waals surface area contributed by atoms with Crippen LogP contribution in [0.25, 0.3) is 10.8 Å². The molecule has 0 spiro atoms. The van der Waals surface area contributed by atoms with Gasteiger partial charge in [-0.1, -0.05) is 54.6 Å². The van der Waals surface area contributed by atoms with E-state index in [1.54, 1.807) is 48.5 Å². The van der Waals surface area contributed by atoms with E-state index >= 15 is 0 Å². The van der Waals surface area contributed by atoms with Crippen molar-refractivity contribution < 1.29 is 29.0 Å². The zero-order chi connectivity index (χ0) is 28.6. The Labute approximate surface area is 229 Å². The summed E-state index contributed by atoms with van der Waals surface area (Å²) in [5.74, 6) is -2.76. The summed E-state index contributed by atoms with van der Waals surface area (Å²) in [5.41, 5.74) is -0.312. The molecule has 0 aliphatic carbocycles. The van der Waals surface area contributed by atoms with E-state index in [-0.39, 0.29) is 5.69 Å². The number of carbonyl (C=O) groups excluding carboxylic acids is 3. The van der Waals surface area contributed by atoms with Crippen LogP contribution in [0.2, 0.25) is 0 Å². The average Bonchev–Trinajstić information content (AvgIpc) is 2.96. The van der Waals surface area contributed by atoms with Crippen LogP contribution < -0.4 is 20.9 Å². The number of amides is 2. The first-order valence-electron chi connectivity index (χ1n) is 12.5. The Bertz CT molecular complexity index is 1610. The Morgan fingerprint density at radius 1 is 0.900 bits per heavy atom. The molecule has 0 fully saturated rings. The predicted octanol–water partition coefficient (Wildman–Crippen LogP) is 3.42. The maximum atomic E-state index is 13.2. The summed E-state index contributed by atoms with van der Waals surface area (Å²) in [6, 6.07) is 21.5. The highest BCUT2D eigenvalue weighted by atomic mass is 16.5. The van der Waals surface area contributed by atoms with Gasteiger partial charge in [0.05, 0.1) is 6.42 Å². The molecule has 10 heteroatoms. The second kappa shape index (κ2) is 12.5. The summed E-state index contributed by atoms with van der Waals surface area (Å²) in [5, 5.41) is 15.9. The van der Waals surface area contributed by atoms with Gasteiger partial charge in [-0.3, -0.25) is 24.0 Å². The topological polar surface area (TPSA) is 144 Å². The number of aliphatic carboxylic acids is 1. The molecular weight excluding hydrogens is 514 g/mol. The van der Waals surface area contributed by atoms with Gasteiger partial charge in [0.1, 0.15) is 30.1 Å². The number of carboxylic acid groups (broad SMARTS) is 1. The van der Waals surface area contributed by atoms with E-state index in [9.17, 15) is 29.1 Å². The second-order valence-corrected chi connectivity index (χ2v) is 9.02. The molecule has 2 atom stereocenters. The van der Waals surface area contributed by atoms with Crippen molar-refractivity contribution in [1.82, 2.24) is 9.88 Å². The normalized spacial score (nSPS) is 12.2. The smallest absolute Gasteiger partial charge is 0.305 e. The molecule has 0 radical (unpaired) electrons. The third kappa shape index (κ3) is 6.60. The lowest BCUT2D eigenvalue weighted by Crippen LogP contribution is -2.47. The summed E-state index contributed by atoms with van der Waals surface area (Å²) in [7, 11) is 0. The fraction of sp³-hybridized carbons (Fsp3) is 0.167. The van der Waals surface area contributed by atoms with Crippen LogP contribution in [-0.4, -0.2) is 45.9 Å². The molecule has 4 rings (SSSR count). The minimum atomic E-state index is -1.37. The number of benzene rings is 3. The van der Waals surface area contributed by atoms with E-state index in [2.05, 4.69) is 10.6 Å². The lowest BCUT2D eigenvalue weighted by molar-refractivity contribution is -0.140. The van der Waals surface area contributed by atoms with Crippen LogP contribution in [0, 0.1) is 0 Å². The van der Waals surface area contributed by atoms with Gasteiger partial charge < -0.3 is 25.0 Å². The summed E-state index contributed by atoms with van der Waals surface area (Å²) in [4.78, 5) is 63.3. The lowest BCUT2D eigenvalue weighted by Gasteiger charge is -2.21. The number of nitrogens with zero attached hydrogens (tertiary/aromatic N) is 1. The number of Topliss-reactive ketones (excluding diaryl/α,β-unsaturated/α-hetero) is 1. The third-order valence-electron chi connectivity index (χ3n) is 6.26. The molecule has 0 saturated carbocycles. The maximum Gasteiger partial charge on any atom is 0.305 e. The van der Waals surface area contributed by atoms with Crippen LogP contribution >= 0.6 is 0 Å². The molecule has 1 unspecified atom stereocenters. The summed E-state index contributed by atoms with van der Waals surface area (Å²) < 4.78 is 6.50. The fourth-order valence-corrected chi connectivity index (χ4v) is 4.13. The summed E-state index contributed by atoms with van der Waals surface area (Å²) in [6.45, 7) is 0.974. The van der Waals surface area contributed by atoms with Gasteiger partial charge in [0.2, 0.25) is 5.91 Å². The third-order valence-corrected chi connectivity index (χ3v) is 6.26. The first kappa shape index (κ1) is 27.8. The molecule has 3 N–H and O–H groups in total.